The second kappa shape index (κ2) is 4.94. The Bertz CT molecular complexity index is 462. The second-order valence-corrected chi connectivity index (χ2v) is 4.89. The molecule has 18 heavy (non-hydrogen) atoms. The molecule has 1 saturated heterocycles. The molecule has 2 rings (SSSR count). The summed E-state index contributed by atoms with van der Waals surface area (Å²) >= 11 is 0. The van der Waals surface area contributed by atoms with Gasteiger partial charge in [-0.05, 0) is 31.4 Å². The molecular weight excluding hydrogens is 232 g/mol. The van der Waals surface area contributed by atoms with E-state index in [-0.39, 0.29) is 17.6 Å². The van der Waals surface area contributed by atoms with E-state index >= 15 is 0 Å². The molecule has 1 aliphatic heterocycles. The van der Waals surface area contributed by atoms with Crippen LogP contribution in [-0.2, 0) is 0 Å². The van der Waals surface area contributed by atoms with Crippen LogP contribution < -0.4 is 4.90 Å². The van der Waals surface area contributed by atoms with Crippen molar-refractivity contribution >= 4 is 11.8 Å². The number of anilines is 1. The number of carboxylic acids is 1. The summed E-state index contributed by atoms with van der Waals surface area (Å²) in [4.78, 5) is 17.4. The van der Waals surface area contributed by atoms with Crippen molar-refractivity contribution in [2.24, 2.45) is 5.92 Å². The van der Waals surface area contributed by atoms with Gasteiger partial charge in [-0.3, -0.25) is 0 Å². The summed E-state index contributed by atoms with van der Waals surface area (Å²) in [7, 11) is 0. The van der Waals surface area contributed by atoms with Gasteiger partial charge in [-0.1, -0.05) is 6.92 Å². The molecule has 5 heteroatoms. The number of aromatic nitrogens is 1. The monoisotopic (exact) mass is 250 g/mol. The van der Waals surface area contributed by atoms with Crippen molar-refractivity contribution in [2.45, 2.75) is 26.4 Å². The Balaban J connectivity index is 2.19. The maximum Gasteiger partial charge on any atom is 0.337 e. The van der Waals surface area contributed by atoms with Gasteiger partial charge >= 0.3 is 5.97 Å². The van der Waals surface area contributed by atoms with Gasteiger partial charge in [0.05, 0.1) is 17.4 Å². The van der Waals surface area contributed by atoms with E-state index in [2.05, 4.69) is 9.88 Å². The van der Waals surface area contributed by atoms with Crippen molar-refractivity contribution in [2.75, 3.05) is 18.0 Å². The predicted octanol–water partition coefficient (Wildman–Crippen LogP) is 1.30. The largest absolute Gasteiger partial charge is 0.478 e. The zero-order valence-electron chi connectivity index (χ0n) is 10.6. The molecule has 0 amide bonds. The summed E-state index contributed by atoms with van der Waals surface area (Å²) in [5.41, 5.74) is 0.766. The van der Waals surface area contributed by atoms with E-state index < -0.39 is 5.97 Å². The van der Waals surface area contributed by atoms with Gasteiger partial charge < -0.3 is 15.1 Å². The lowest BCUT2D eigenvalue weighted by Gasteiger charge is -2.35. The number of hydrogen-bond acceptors (Lipinski definition) is 4. The van der Waals surface area contributed by atoms with E-state index in [4.69, 9.17) is 5.11 Å². The van der Waals surface area contributed by atoms with Gasteiger partial charge in [0, 0.05) is 13.1 Å². The van der Waals surface area contributed by atoms with Crippen LogP contribution in [0.2, 0.25) is 0 Å². The van der Waals surface area contributed by atoms with Crippen molar-refractivity contribution in [1.29, 1.82) is 0 Å². The van der Waals surface area contributed by atoms with Crippen LogP contribution in [0.4, 0.5) is 5.82 Å². The molecule has 1 aliphatic rings. The smallest absolute Gasteiger partial charge is 0.337 e. The van der Waals surface area contributed by atoms with E-state index in [0.717, 1.165) is 25.3 Å². The minimum Gasteiger partial charge on any atom is -0.478 e. The molecule has 0 aromatic carbocycles. The minimum atomic E-state index is -0.950. The number of hydrogen-bond donors (Lipinski definition) is 2. The first-order valence-corrected chi connectivity index (χ1v) is 6.13. The third-order valence-electron chi connectivity index (χ3n) is 3.49. The van der Waals surface area contributed by atoms with Gasteiger partial charge in [0.1, 0.15) is 5.82 Å². The van der Waals surface area contributed by atoms with Gasteiger partial charge in [-0.2, -0.15) is 0 Å². The lowest BCUT2D eigenvalue weighted by molar-refractivity contribution is 0.0695. The average molecular weight is 250 g/mol. The first kappa shape index (κ1) is 12.8. The Kier molecular flexibility index (Phi) is 3.52. The number of aromatic carboxylic acids is 1. The van der Waals surface area contributed by atoms with Crippen LogP contribution in [-0.4, -0.2) is 40.4 Å². The molecule has 0 spiro atoms. The van der Waals surface area contributed by atoms with E-state index in [1.54, 1.807) is 19.1 Å². The maximum absolute atomic E-state index is 10.9. The summed E-state index contributed by atoms with van der Waals surface area (Å²) in [6.07, 6.45) is 0.475. The molecule has 2 N–H and O–H groups in total. The molecule has 0 aliphatic carbocycles. The Morgan fingerprint density at radius 3 is 2.78 bits per heavy atom. The van der Waals surface area contributed by atoms with Crippen molar-refractivity contribution in [3.8, 4) is 0 Å². The fourth-order valence-corrected chi connectivity index (χ4v) is 2.29. The third kappa shape index (κ3) is 2.46. The van der Waals surface area contributed by atoms with E-state index in [0.29, 0.717) is 5.69 Å². The minimum absolute atomic E-state index is 0.208. The Morgan fingerprint density at radius 2 is 2.22 bits per heavy atom. The zero-order chi connectivity index (χ0) is 13.3. The first-order chi connectivity index (χ1) is 8.49. The van der Waals surface area contributed by atoms with Crippen LogP contribution in [0.5, 0.6) is 0 Å². The molecule has 1 aromatic rings. The quantitative estimate of drug-likeness (QED) is 0.827. The lowest BCUT2D eigenvalue weighted by atomic mass is 9.97. The topological polar surface area (TPSA) is 73.7 Å². The fourth-order valence-electron chi connectivity index (χ4n) is 2.29. The van der Waals surface area contributed by atoms with Crippen LogP contribution in [0.15, 0.2) is 12.1 Å². The molecule has 2 heterocycles. The normalized spacial score (nSPS) is 24.1. The van der Waals surface area contributed by atoms with Gasteiger partial charge in [-0.15, -0.1) is 0 Å². The second-order valence-electron chi connectivity index (χ2n) is 4.89. The summed E-state index contributed by atoms with van der Waals surface area (Å²) in [6, 6.07) is 3.33. The number of carbonyl (C=O) groups is 1. The van der Waals surface area contributed by atoms with Crippen LogP contribution in [0.1, 0.15) is 29.4 Å². The molecule has 0 radical (unpaired) electrons. The molecule has 0 bridgehead atoms. The number of aryl methyl sites for hydroxylation is 1. The van der Waals surface area contributed by atoms with Crippen molar-refractivity contribution in [1.82, 2.24) is 4.98 Å². The van der Waals surface area contributed by atoms with Crippen LogP contribution in [0.25, 0.3) is 0 Å². The maximum atomic E-state index is 10.9. The molecule has 5 nitrogen and oxygen atoms in total. The Hall–Kier alpha value is -1.62. The van der Waals surface area contributed by atoms with Gasteiger partial charge in [0.15, 0.2) is 0 Å². The SMILES string of the molecule is Cc1nc(N2CCC(O)C(C)C2)ccc1C(=O)O. The van der Waals surface area contributed by atoms with Crippen LogP contribution >= 0.6 is 0 Å². The number of rotatable bonds is 2. The summed E-state index contributed by atoms with van der Waals surface area (Å²) in [6.45, 7) is 5.22. The Labute approximate surface area is 106 Å². The molecule has 1 aromatic heterocycles. The molecule has 1 fully saturated rings. The highest BCUT2D eigenvalue weighted by molar-refractivity contribution is 5.89. The molecule has 0 saturated carbocycles. The predicted molar refractivity (Wildman–Crippen MR) is 67.9 cm³/mol. The molecule has 2 atom stereocenters. The van der Waals surface area contributed by atoms with Gasteiger partial charge in [0.25, 0.3) is 0 Å². The third-order valence-corrected chi connectivity index (χ3v) is 3.49. The van der Waals surface area contributed by atoms with Crippen molar-refractivity contribution in [3.05, 3.63) is 23.4 Å². The van der Waals surface area contributed by atoms with Crippen molar-refractivity contribution in [3.63, 3.8) is 0 Å². The number of pyridine rings is 1. The number of aliphatic hydroxyl groups is 1. The molecule has 2 unspecified atom stereocenters. The van der Waals surface area contributed by atoms with Gasteiger partial charge in [-0.25, -0.2) is 9.78 Å². The lowest BCUT2D eigenvalue weighted by Crippen LogP contribution is -2.42. The van der Waals surface area contributed by atoms with Crippen LogP contribution in [0, 0.1) is 12.8 Å². The highest BCUT2D eigenvalue weighted by Crippen LogP contribution is 2.22. The highest BCUT2D eigenvalue weighted by Gasteiger charge is 2.25. The summed E-state index contributed by atoms with van der Waals surface area (Å²) < 4.78 is 0. The summed E-state index contributed by atoms with van der Waals surface area (Å²) in [5, 5.41) is 18.6. The van der Waals surface area contributed by atoms with Crippen molar-refractivity contribution < 1.29 is 15.0 Å². The Morgan fingerprint density at radius 1 is 1.50 bits per heavy atom. The van der Waals surface area contributed by atoms with E-state index in [9.17, 15) is 9.90 Å². The van der Waals surface area contributed by atoms with E-state index in [1.165, 1.54) is 0 Å². The molecular formula is C13H18N2O3. The highest BCUT2D eigenvalue weighted by atomic mass is 16.4. The number of aliphatic hydroxyl groups excluding tert-OH is 1. The standard InChI is InChI=1S/C13H18N2O3/c1-8-7-15(6-5-11(8)16)12-4-3-10(13(17)18)9(2)14-12/h3-4,8,11,16H,5-7H2,1-2H3,(H,17,18). The van der Waals surface area contributed by atoms with Gasteiger partial charge in [0.2, 0.25) is 0 Å². The average Bonchev–Trinajstić information content (AvgIpc) is 2.32. The summed E-state index contributed by atoms with van der Waals surface area (Å²) in [5.74, 6) is 0.0465. The number of carboxylic acid groups (broad SMARTS) is 1. The van der Waals surface area contributed by atoms with Crippen LogP contribution in [0.3, 0.4) is 0 Å². The molecule has 98 valence electrons. The van der Waals surface area contributed by atoms with E-state index in [1.807, 2.05) is 6.92 Å². The fraction of sp³-hybridized carbons (Fsp3) is 0.538. The zero-order valence-corrected chi connectivity index (χ0v) is 10.6. The number of piperidine rings is 1. The first-order valence-electron chi connectivity index (χ1n) is 6.13. The number of nitrogens with zero attached hydrogens (tertiary/aromatic N) is 2.